The first kappa shape index (κ1) is 41.0. The number of hydrogen-bond acceptors (Lipinski definition) is 6. The number of nitrogens with one attached hydrogen (secondary N) is 3. The highest BCUT2D eigenvalue weighted by molar-refractivity contribution is 5.92. The lowest BCUT2D eigenvalue weighted by Crippen LogP contribution is -2.50. The Hall–Kier alpha value is -3.17. The molecule has 1 aliphatic carbocycles. The summed E-state index contributed by atoms with van der Waals surface area (Å²) < 4.78 is 5.50. The molecule has 0 radical (unpaired) electrons. The van der Waals surface area contributed by atoms with Crippen LogP contribution in [0.5, 0.6) is 0 Å². The number of ether oxygens (including phenoxy) is 1. The second-order valence-corrected chi connectivity index (χ2v) is 15.0. The average molecular weight is 670 g/mol. The van der Waals surface area contributed by atoms with Crippen LogP contribution in [0, 0.1) is 17.8 Å². The lowest BCUT2D eigenvalue weighted by Gasteiger charge is -2.33. The molecule has 2 rings (SSSR count). The fourth-order valence-corrected chi connectivity index (χ4v) is 6.23. The van der Waals surface area contributed by atoms with Crippen molar-refractivity contribution in [2.45, 2.75) is 142 Å². The summed E-state index contributed by atoms with van der Waals surface area (Å²) in [5.41, 5.74) is 0.494. The van der Waals surface area contributed by atoms with Crippen LogP contribution in [0.3, 0.4) is 0 Å². The Kier molecular flexibility index (Phi) is 18.0. The second kappa shape index (κ2) is 21.0. The first-order valence-electron chi connectivity index (χ1n) is 17.9. The zero-order valence-electron chi connectivity index (χ0n) is 30.1. The van der Waals surface area contributed by atoms with E-state index in [1.54, 1.807) is 26.8 Å². The molecule has 9 nitrogen and oxygen atoms in total. The molecule has 0 saturated heterocycles. The first-order valence-corrected chi connectivity index (χ1v) is 17.9. The van der Waals surface area contributed by atoms with Crippen LogP contribution >= 0.6 is 0 Å². The van der Waals surface area contributed by atoms with Gasteiger partial charge in [-0.2, -0.15) is 0 Å². The topological polar surface area (TPSA) is 137 Å². The highest BCUT2D eigenvalue weighted by Gasteiger charge is 2.33. The molecule has 1 saturated carbocycles. The molecule has 5 N–H and O–H groups in total. The molecule has 1 aromatic rings. The van der Waals surface area contributed by atoms with Gasteiger partial charge in [0.1, 0.15) is 5.60 Å². The Bertz CT molecular complexity index is 1140. The molecule has 9 heteroatoms. The summed E-state index contributed by atoms with van der Waals surface area (Å²) in [5, 5.41) is 31.9. The second-order valence-electron chi connectivity index (χ2n) is 15.0. The van der Waals surface area contributed by atoms with Crippen LogP contribution < -0.4 is 16.0 Å². The van der Waals surface area contributed by atoms with Crippen molar-refractivity contribution in [2.75, 3.05) is 6.54 Å². The minimum atomic E-state index is -1.05. The van der Waals surface area contributed by atoms with Gasteiger partial charge in [0, 0.05) is 24.5 Å². The number of hydrogen-bond donors (Lipinski definition) is 5. The third-order valence-corrected chi connectivity index (χ3v) is 8.87. The molecule has 3 amide bonds. The Morgan fingerprint density at radius 2 is 1.67 bits per heavy atom. The number of alkyl carbamates (subject to hydrolysis) is 1. The van der Waals surface area contributed by atoms with Gasteiger partial charge in [0.15, 0.2) is 0 Å². The summed E-state index contributed by atoms with van der Waals surface area (Å²) in [7, 11) is 0. The molecule has 1 aliphatic rings. The van der Waals surface area contributed by atoms with E-state index in [0.29, 0.717) is 44.6 Å². The Morgan fingerprint density at radius 1 is 1.00 bits per heavy atom. The van der Waals surface area contributed by atoms with Gasteiger partial charge in [-0.1, -0.05) is 88.9 Å². The van der Waals surface area contributed by atoms with Crippen LogP contribution in [0.25, 0.3) is 0 Å². The maximum atomic E-state index is 14.0. The lowest BCUT2D eigenvalue weighted by molar-refractivity contribution is -0.128. The van der Waals surface area contributed by atoms with Gasteiger partial charge in [-0.3, -0.25) is 9.59 Å². The van der Waals surface area contributed by atoms with E-state index in [9.17, 15) is 24.6 Å². The zero-order valence-corrected chi connectivity index (χ0v) is 30.1. The van der Waals surface area contributed by atoms with Gasteiger partial charge in [0.25, 0.3) is 0 Å². The average Bonchev–Trinajstić information content (AvgIpc) is 3.02. The standard InChI is InChI=1S/C39H63N3O6/c1-8-9-12-21-31(25-35(44)33(24-30-19-15-11-16-20-30)42-38(47)48-39(5,6)7)37(46)41-32(23-29-17-13-10-14-18-29)34(43)22-28(4)36(45)40-26-27(2)3/h8,11,15-16,19-20,27,29,31-35,43-44H,1,4,9-10,12-14,17-18,21-26H2,2-3,5-7H3,(H,40,45)(H,41,46)(H,42,47)/t31-,32-,33-,34-,35+/m0/s1. The molecule has 1 aromatic carbocycles. The highest BCUT2D eigenvalue weighted by Crippen LogP contribution is 2.29. The van der Waals surface area contributed by atoms with Crippen LogP contribution in [0.1, 0.15) is 111 Å². The van der Waals surface area contributed by atoms with E-state index in [1.165, 1.54) is 6.42 Å². The molecule has 0 bridgehead atoms. The summed E-state index contributed by atoms with van der Waals surface area (Å²) in [6, 6.07) is 8.29. The highest BCUT2D eigenvalue weighted by atomic mass is 16.6. The van der Waals surface area contributed by atoms with Crippen molar-refractivity contribution in [2.24, 2.45) is 17.8 Å². The number of carbonyl (C=O) groups is 3. The maximum absolute atomic E-state index is 14.0. The maximum Gasteiger partial charge on any atom is 0.407 e. The van der Waals surface area contributed by atoms with Gasteiger partial charge < -0.3 is 30.9 Å². The van der Waals surface area contributed by atoms with Crippen LogP contribution in [0.2, 0.25) is 0 Å². The summed E-state index contributed by atoms with van der Waals surface area (Å²) in [6.07, 6.45) is 7.63. The number of carbonyl (C=O) groups excluding carboxylic acids is 3. The van der Waals surface area contributed by atoms with Crippen molar-refractivity contribution in [3.05, 3.63) is 60.7 Å². The molecular weight excluding hydrogens is 606 g/mol. The van der Waals surface area contributed by atoms with Crippen molar-refractivity contribution in [1.29, 1.82) is 0 Å². The molecule has 0 aliphatic heterocycles. The van der Waals surface area contributed by atoms with E-state index in [0.717, 1.165) is 31.2 Å². The Morgan fingerprint density at radius 3 is 2.27 bits per heavy atom. The number of benzene rings is 1. The van der Waals surface area contributed by atoms with Gasteiger partial charge in [-0.15, -0.1) is 6.58 Å². The van der Waals surface area contributed by atoms with Crippen molar-refractivity contribution >= 4 is 17.9 Å². The predicted octanol–water partition coefficient (Wildman–Crippen LogP) is 6.38. The van der Waals surface area contributed by atoms with Crippen molar-refractivity contribution in [3.8, 4) is 0 Å². The SMILES string of the molecule is C=CCCC[C@@H](C[C@@H](O)[C@H](Cc1ccccc1)NC(=O)OC(C)(C)C)C(=O)N[C@@H](CC1CCCCC1)[C@@H](O)CC(=C)C(=O)NCC(C)C. The molecule has 0 unspecified atom stereocenters. The molecule has 270 valence electrons. The molecule has 48 heavy (non-hydrogen) atoms. The van der Waals surface area contributed by atoms with E-state index in [-0.39, 0.29) is 36.1 Å². The largest absolute Gasteiger partial charge is 0.444 e. The summed E-state index contributed by atoms with van der Waals surface area (Å²) in [6.45, 7) is 17.6. The third kappa shape index (κ3) is 16.3. The molecular formula is C39H63N3O6. The smallest absolute Gasteiger partial charge is 0.407 e. The molecule has 1 fully saturated rings. The number of aliphatic hydroxyl groups is 2. The van der Waals surface area contributed by atoms with E-state index < -0.39 is 41.9 Å². The van der Waals surface area contributed by atoms with Gasteiger partial charge >= 0.3 is 6.09 Å². The van der Waals surface area contributed by atoms with E-state index in [1.807, 2.05) is 44.2 Å². The number of amides is 3. The minimum absolute atomic E-state index is 0.0459. The number of aliphatic hydroxyl groups excluding tert-OH is 2. The zero-order chi connectivity index (χ0) is 35.7. The van der Waals surface area contributed by atoms with Crippen LogP contribution in [0.15, 0.2) is 55.1 Å². The number of rotatable bonds is 20. The fourth-order valence-electron chi connectivity index (χ4n) is 6.23. The van der Waals surface area contributed by atoms with Crippen LogP contribution in [-0.4, -0.2) is 64.6 Å². The molecule has 5 atom stereocenters. The number of allylic oxidation sites excluding steroid dienone is 1. The third-order valence-electron chi connectivity index (χ3n) is 8.87. The van der Waals surface area contributed by atoms with Gasteiger partial charge in [-0.25, -0.2) is 4.79 Å². The van der Waals surface area contributed by atoms with Gasteiger partial charge in [0.2, 0.25) is 11.8 Å². The van der Waals surface area contributed by atoms with E-state index in [4.69, 9.17) is 4.74 Å². The number of unbranched alkanes of at least 4 members (excludes halogenated alkanes) is 1. The summed E-state index contributed by atoms with van der Waals surface area (Å²) >= 11 is 0. The normalized spacial score (nSPS) is 17.0. The Balaban J connectivity index is 2.26. The Labute approximate surface area is 289 Å². The molecule has 0 aromatic heterocycles. The quantitative estimate of drug-likeness (QED) is 0.0621. The minimum Gasteiger partial charge on any atom is -0.444 e. The van der Waals surface area contributed by atoms with Crippen LogP contribution in [0.4, 0.5) is 4.79 Å². The first-order chi connectivity index (χ1) is 22.7. The molecule has 0 heterocycles. The van der Waals surface area contributed by atoms with Crippen molar-refractivity contribution in [3.63, 3.8) is 0 Å². The van der Waals surface area contributed by atoms with E-state index >= 15 is 0 Å². The van der Waals surface area contributed by atoms with Crippen molar-refractivity contribution in [1.82, 2.24) is 16.0 Å². The fraction of sp³-hybridized carbons (Fsp3) is 0.667. The van der Waals surface area contributed by atoms with Gasteiger partial charge in [0.05, 0.1) is 24.3 Å². The monoisotopic (exact) mass is 669 g/mol. The van der Waals surface area contributed by atoms with Crippen LogP contribution in [-0.2, 0) is 20.7 Å². The van der Waals surface area contributed by atoms with Gasteiger partial charge in [-0.05, 0) is 76.7 Å². The predicted molar refractivity (Wildman–Crippen MR) is 192 cm³/mol. The van der Waals surface area contributed by atoms with Crippen molar-refractivity contribution < 1.29 is 29.3 Å². The summed E-state index contributed by atoms with van der Waals surface area (Å²) in [5.74, 6) is -0.497. The van der Waals surface area contributed by atoms with E-state index in [2.05, 4.69) is 29.1 Å². The summed E-state index contributed by atoms with van der Waals surface area (Å²) in [4.78, 5) is 39.5. The lowest BCUT2D eigenvalue weighted by atomic mass is 9.82. The molecule has 0 spiro atoms.